The van der Waals surface area contributed by atoms with Crippen molar-refractivity contribution in [3.63, 3.8) is 0 Å². The van der Waals surface area contributed by atoms with Crippen LogP contribution < -0.4 is 9.47 Å². The highest BCUT2D eigenvalue weighted by molar-refractivity contribution is 5.99. The fraction of sp³-hybridized carbons (Fsp3) is 0.471. The van der Waals surface area contributed by atoms with Gasteiger partial charge in [0.05, 0.1) is 12.2 Å². The fourth-order valence-electron chi connectivity index (χ4n) is 4.74. The molecule has 0 heterocycles. The second kappa shape index (κ2) is 16.6. The van der Waals surface area contributed by atoms with Gasteiger partial charge in [0.1, 0.15) is 11.5 Å². The number of esters is 1. The zero-order valence-electron chi connectivity index (χ0n) is 24.0. The monoisotopic (exact) mass is 531 g/mol. The molecule has 39 heavy (non-hydrogen) atoms. The molecule has 210 valence electrons. The molecule has 3 rings (SSSR count). The Hall–Kier alpha value is -3.34. The number of rotatable bonds is 17. The Balaban J connectivity index is 1.49. The second-order valence-electron chi connectivity index (χ2n) is 10.3. The highest BCUT2D eigenvalue weighted by Crippen LogP contribution is 2.24. The molecule has 5 heteroatoms. The van der Waals surface area contributed by atoms with Gasteiger partial charge in [-0.15, -0.1) is 0 Å². The fourth-order valence-corrected chi connectivity index (χ4v) is 4.74. The minimum atomic E-state index is -0.412. The topological polar surface area (TPSA) is 55.8 Å². The van der Waals surface area contributed by atoms with E-state index in [1.54, 1.807) is 18.2 Å². The predicted octanol–water partition coefficient (Wildman–Crippen LogP) is 8.84. The van der Waals surface area contributed by atoms with E-state index in [9.17, 15) is 9.59 Å². The summed E-state index contributed by atoms with van der Waals surface area (Å²) in [7, 11) is 0. The number of carbonyl (C=O) groups is 2. The number of unbranched alkanes of at least 4 members (excludes halogenated alkanes) is 7. The van der Waals surface area contributed by atoms with Gasteiger partial charge in [-0.3, -0.25) is 4.79 Å². The summed E-state index contributed by atoms with van der Waals surface area (Å²) in [5.74, 6) is 0.883. The van der Waals surface area contributed by atoms with Crippen molar-refractivity contribution >= 4 is 22.6 Å². The molecule has 0 bridgehead atoms. The highest BCUT2D eigenvalue weighted by atomic mass is 16.5. The first-order valence-electron chi connectivity index (χ1n) is 14.8. The summed E-state index contributed by atoms with van der Waals surface area (Å²) < 4.78 is 11.5. The van der Waals surface area contributed by atoms with Crippen molar-refractivity contribution < 1.29 is 19.1 Å². The number of hydrogen-bond donors (Lipinski definition) is 0. The maximum absolute atomic E-state index is 12.9. The summed E-state index contributed by atoms with van der Waals surface area (Å²) >= 11 is 0. The lowest BCUT2D eigenvalue weighted by Crippen LogP contribution is -2.32. The van der Waals surface area contributed by atoms with Gasteiger partial charge in [-0.1, -0.05) is 77.8 Å². The Morgan fingerprint density at radius 3 is 1.85 bits per heavy atom. The van der Waals surface area contributed by atoms with Crippen molar-refractivity contribution in [2.24, 2.45) is 0 Å². The Morgan fingerprint density at radius 2 is 1.18 bits per heavy atom. The molecule has 0 fully saturated rings. The zero-order chi connectivity index (χ0) is 27.9. The van der Waals surface area contributed by atoms with E-state index in [1.165, 1.54) is 44.9 Å². The number of hydrogen-bond acceptors (Lipinski definition) is 4. The number of amides is 1. The molecule has 0 radical (unpaired) electrons. The lowest BCUT2D eigenvalue weighted by Gasteiger charge is -2.21. The molecule has 0 aliphatic heterocycles. The molecule has 0 atom stereocenters. The number of benzene rings is 3. The SMILES string of the molecule is CCCCCCCCCCOc1ccc(C(=O)Oc2ccc3cc(C(=O)N(CCC)CCC)ccc3c2)cc1. The first-order valence-corrected chi connectivity index (χ1v) is 14.8. The molecule has 0 saturated heterocycles. The van der Waals surface area contributed by atoms with Gasteiger partial charge in [0.15, 0.2) is 0 Å². The normalized spacial score (nSPS) is 10.9. The van der Waals surface area contributed by atoms with Crippen molar-refractivity contribution in [2.45, 2.75) is 85.0 Å². The van der Waals surface area contributed by atoms with E-state index in [4.69, 9.17) is 9.47 Å². The van der Waals surface area contributed by atoms with Crippen LogP contribution >= 0.6 is 0 Å². The molecule has 3 aromatic carbocycles. The van der Waals surface area contributed by atoms with Crippen LogP contribution in [0.25, 0.3) is 10.8 Å². The average Bonchev–Trinajstić information content (AvgIpc) is 2.96. The third kappa shape index (κ3) is 9.72. The zero-order valence-corrected chi connectivity index (χ0v) is 24.0. The minimum absolute atomic E-state index is 0.0568. The molecule has 0 aromatic heterocycles. The molecule has 0 aliphatic rings. The molecule has 3 aromatic rings. The summed E-state index contributed by atoms with van der Waals surface area (Å²) in [6, 6.07) is 18.3. The van der Waals surface area contributed by atoms with Gasteiger partial charge in [-0.25, -0.2) is 4.79 Å². The number of carbonyl (C=O) groups excluding carboxylic acids is 2. The number of fused-ring (bicyclic) bond motifs is 1. The molecule has 0 unspecified atom stereocenters. The predicted molar refractivity (Wildman–Crippen MR) is 160 cm³/mol. The van der Waals surface area contributed by atoms with E-state index in [-0.39, 0.29) is 5.91 Å². The van der Waals surface area contributed by atoms with Crippen molar-refractivity contribution in [2.75, 3.05) is 19.7 Å². The van der Waals surface area contributed by atoms with Crippen LogP contribution in [0, 0.1) is 0 Å². The van der Waals surface area contributed by atoms with Crippen molar-refractivity contribution in [1.82, 2.24) is 4.90 Å². The maximum Gasteiger partial charge on any atom is 0.343 e. The van der Waals surface area contributed by atoms with Crippen LogP contribution in [0.1, 0.15) is 106 Å². The summed E-state index contributed by atoms with van der Waals surface area (Å²) in [4.78, 5) is 27.6. The first kappa shape index (κ1) is 30.2. The molecular weight excluding hydrogens is 486 g/mol. The Labute approximate surface area is 234 Å². The van der Waals surface area contributed by atoms with E-state index >= 15 is 0 Å². The molecule has 0 aliphatic carbocycles. The maximum atomic E-state index is 12.9. The lowest BCUT2D eigenvalue weighted by atomic mass is 10.1. The third-order valence-corrected chi connectivity index (χ3v) is 6.90. The third-order valence-electron chi connectivity index (χ3n) is 6.90. The van der Waals surface area contributed by atoms with Gasteiger partial charge in [0, 0.05) is 18.7 Å². The Morgan fingerprint density at radius 1 is 0.615 bits per heavy atom. The van der Waals surface area contributed by atoms with Gasteiger partial charge in [0.2, 0.25) is 0 Å². The van der Waals surface area contributed by atoms with Crippen LogP contribution in [-0.4, -0.2) is 36.5 Å². The Kier molecular flexibility index (Phi) is 12.8. The largest absolute Gasteiger partial charge is 0.494 e. The quantitative estimate of drug-likeness (QED) is 0.0992. The minimum Gasteiger partial charge on any atom is -0.494 e. The number of ether oxygens (including phenoxy) is 2. The van der Waals surface area contributed by atoms with Gasteiger partial charge in [-0.05, 0) is 78.6 Å². The van der Waals surface area contributed by atoms with Crippen LogP contribution in [0.15, 0.2) is 60.7 Å². The highest BCUT2D eigenvalue weighted by Gasteiger charge is 2.15. The molecule has 5 nitrogen and oxygen atoms in total. The number of nitrogens with zero attached hydrogens (tertiary/aromatic N) is 1. The lowest BCUT2D eigenvalue weighted by molar-refractivity contribution is 0.0732. The van der Waals surface area contributed by atoms with Crippen LogP contribution in [0.5, 0.6) is 11.5 Å². The second-order valence-corrected chi connectivity index (χ2v) is 10.3. The van der Waals surface area contributed by atoms with Crippen LogP contribution in [-0.2, 0) is 0 Å². The molecule has 1 amide bonds. The summed E-state index contributed by atoms with van der Waals surface area (Å²) in [5.41, 5.74) is 1.15. The van der Waals surface area contributed by atoms with Crippen LogP contribution in [0.3, 0.4) is 0 Å². The Bertz CT molecular complexity index is 1170. The smallest absolute Gasteiger partial charge is 0.343 e. The average molecular weight is 532 g/mol. The van der Waals surface area contributed by atoms with Crippen LogP contribution in [0.4, 0.5) is 0 Å². The summed E-state index contributed by atoms with van der Waals surface area (Å²) in [5, 5.41) is 1.85. The molecule has 0 spiro atoms. The first-order chi connectivity index (χ1) is 19.0. The molecule has 0 saturated carbocycles. The van der Waals surface area contributed by atoms with Gasteiger partial charge in [0.25, 0.3) is 5.91 Å². The van der Waals surface area contributed by atoms with Crippen molar-refractivity contribution in [3.05, 3.63) is 71.8 Å². The van der Waals surface area contributed by atoms with E-state index in [0.29, 0.717) is 23.5 Å². The van der Waals surface area contributed by atoms with Gasteiger partial charge in [-0.2, -0.15) is 0 Å². The van der Waals surface area contributed by atoms with Crippen LogP contribution in [0.2, 0.25) is 0 Å². The van der Waals surface area contributed by atoms with Gasteiger partial charge >= 0.3 is 5.97 Å². The standard InChI is InChI=1S/C34H45NO4/c1-4-7-8-9-10-11-12-13-24-38-31-19-16-27(17-20-31)34(37)39-32-21-18-28-25-30(15-14-29(28)26-32)33(36)35(22-5-2)23-6-3/h14-21,25-26H,4-13,22-24H2,1-3H3. The van der Waals surface area contributed by atoms with Gasteiger partial charge < -0.3 is 14.4 Å². The molecule has 0 N–H and O–H groups in total. The summed E-state index contributed by atoms with van der Waals surface area (Å²) in [6.07, 6.45) is 12.0. The van der Waals surface area contributed by atoms with E-state index < -0.39 is 5.97 Å². The van der Waals surface area contributed by atoms with E-state index in [2.05, 4.69) is 20.8 Å². The van der Waals surface area contributed by atoms with E-state index in [0.717, 1.165) is 48.9 Å². The van der Waals surface area contributed by atoms with E-state index in [1.807, 2.05) is 47.4 Å². The van der Waals surface area contributed by atoms with Crippen molar-refractivity contribution in [3.8, 4) is 11.5 Å². The molecular formula is C34H45NO4. The van der Waals surface area contributed by atoms with Crippen molar-refractivity contribution in [1.29, 1.82) is 0 Å². The summed E-state index contributed by atoms with van der Waals surface area (Å²) in [6.45, 7) is 8.62.